The summed E-state index contributed by atoms with van der Waals surface area (Å²) in [7, 11) is 1.60. The first-order valence-electron chi connectivity index (χ1n) is 6.10. The number of hydrogen-bond acceptors (Lipinski definition) is 4. The number of carbonyl (C=O) groups excluding carboxylic acids is 2. The molecule has 6 nitrogen and oxygen atoms in total. The summed E-state index contributed by atoms with van der Waals surface area (Å²) in [5.74, 6) is -0.389. The molecule has 1 aliphatic heterocycles. The second-order valence-electron chi connectivity index (χ2n) is 4.43. The fraction of sp³-hybridized carbons (Fsp3) is 0.500. The van der Waals surface area contributed by atoms with Gasteiger partial charge in [-0.2, -0.15) is 0 Å². The zero-order valence-corrected chi connectivity index (χ0v) is 11.4. The van der Waals surface area contributed by atoms with Crippen LogP contribution in [0.5, 0.6) is 0 Å². The first-order valence-corrected chi connectivity index (χ1v) is 6.48. The first kappa shape index (κ1) is 13.7. The number of hydrogen-bond donors (Lipinski definition) is 1. The molecule has 1 aromatic rings. The average Bonchev–Trinajstić information content (AvgIpc) is 2.46. The summed E-state index contributed by atoms with van der Waals surface area (Å²) in [5, 5.41) is 2.87. The van der Waals surface area contributed by atoms with E-state index in [0.717, 1.165) is 12.8 Å². The minimum Gasteiger partial charge on any atom is -0.359 e. The Morgan fingerprint density at radius 3 is 2.84 bits per heavy atom. The SMILES string of the molecule is CNC(=O)C1CCCN(C(=O)c2cnc(Cl)cn2)C1. The van der Waals surface area contributed by atoms with Gasteiger partial charge in [-0.25, -0.2) is 9.97 Å². The minimum absolute atomic E-state index is 0.0281. The van der Waals surface area contributed by atoms with Crippen molar-refractivity contribution in [1.82, 2.24) is 20.2 Å². The molecule has 19 heavy (non-hydrogen) atoms. The number of nitrogens with one attached hydrogen (secondary N) is 1. The van der Waals surface area contributed by atoms with E-state index in [1.54, 1.807) is 11.9 Å². The highest BCUT2D eigenvalue weighted by Gasteiger charge is 2.28. The predicted octanol–water partition coefficient (Wildman–Crippen LogP) is 0.728. The van der Waals surface area contributed by atoms with Gasteiger partial charge in [0.2, 0.25) is 5.91 Å². The third kappa shape index (κ3) is 3.20. The van der Waals surface area contributed by atoms with Crippen molar-refractivity contribution in [3.8, 4) is 0 Å². The normalized spacial score (nSPS) is 19.1. The summed E-state index contributed by atoms with van der Waals surface area (Å²) in [6, 6.07) is 0. The molecular weight excluding hydrogens is 268 g/mol. The third-order valence-electron chi connectivity index (χ3n) is 3.17. The van der Waals surface area contributed by atoms with Crippen LogP contribution in [0.3, 0.4) is 0 Å². The Labute approximate surface area is 116 Å². The number of halogens is 1. The summed E-state index contributed by atoms with van der Waals surface area (Å²) in [5.41, 5.74) is 0.252. The molecular formula is C12H15ClN4O2. The average molecular weight is 283 g/mol. The Morgan fingerprint density at radius 2 is 2.21 bits per heavy atom. The lowest BCUT2D eigenvalue weighted by Crippen LogP contribution is -2.45. The van der Waals surface area contributed by atoms with E-state index in [1.165, 1.54) is 12.4 Å². The number of amides is 2. The summed E-state index contributed by atoms with van der Waals surface area (Å²) in [6.07, 6.45) is 4.31. The molecule has 102 valence electrons. The van der Waals surface area contributed by atoms with Gasteiger partial charge in [-0.05, 0) is 12.8 Å². The van der Waals surface area contributed by atoms with Gasteiger partial charge < -0.3 is 10.2 Å². The molecule has 0 radical (unpaired) electrons. The summed E-state index contributed by atoms with van der Waals surface area (Å²) in [6.45, 7) is 1.06. The number of carbonyl (C=O) groups is 2. The lowest BCUT2D eigenvalue weighted by molar-refractivity contribution is -0.125. The Kier molecular flexibility index (Phi) is 4.31. The van der Waals surface area contributed by atoms with Crippen LogP contribution in [-0.2, 0) is 4.79 Å². The molecule has 1 fully saturated rings. The number of likely N-dealkylation sites (tertiary alicyclic amines) is 1. The molecule has 0 saturated carbocycles. The largest absolute Gasteiger partial charge is 0.359 e. The highest BCUT2D eigenvalue weighted by Crippen LogP contribution is 2.18. The van der Waals surface area contributed by atoms with Gasteiger partial charge in [-0.1, -0.05) is 11.6 Å². The van der Waals surface area contributed by atoms with E-state index in [-0.39, 0.29) is 28.6 Å². The molecule has 2 amide bonds. The second kappa shape index (κ2) is 5.97. The molecule has 0 aliphatic carbocycles. The van der Waals surface area contributed by atoms with Crippen molar-refractivity contribution < 1.29 is 9.59 Å². The molecule has 1 saturated heterocycles. The molecule has 1 aromatic heterocycles. The van der Waals surface area contributed by atoms with Crippen molar-refractivity contribution in [2.75, 3.05) is 20.1 Å². The zero-order chi connectivity index (χ0) is 13.8. The van der Waals surface area contributed by atoms with Crippen LogP contribution in [0.4, 0.5) is 0 Å². The highest BCUT2D eigenvalue weighted by molar-refractivity contribution is 6.29. The van der Waals surface area contributed by atoms with E-state index in [4.69, 9.17) is 11.6 Å². The van der Waals surface area contributed by atoms with Crippen molar-refractivity contribution in [2.24, 2.45) is 5.92 Å². The van der Waals surface area contributed by atoms with Crippen LogP contribution in [0.2, 0.25) is 5.15 Å². The maximum Gasteiger partial charge on any atom is 0.274 e. The number of aromatic nitrogens is 2. The Bertz CT molecular complexity index is 477. The molecule has 1 aliphatic rings. The van der Waals surface area contributed by atoms with Crippen LogP contribution >= 0.6 is 11.6 Å². The van der Waals surface area contributed by atoms with Gasteiger partial charge in [-0.15, -0.1) is 0 Å². The lowest BCUT2D eigenvalue weighted by Gasteiger charge is -2.31. The van der Waals surface area contributed by atoms with E-state index in [0.29, 0.717) is 13.1 Å². The van der Waals surface area contributed by atoms with E-state index in [2.05, 4.69) is 15.3 Å². The monoisotopic (exact) mass is 282 g/mol. The van der Waals surface area contributed by atoms with E-state index < -0.39 is 0 Å². The fourth-order valence-corrected chi connectivity index (χ4v) is 2.26. The topological polar surface area (TPSA) is 75.2 Å². The standard InChI is InChI=1S/C12H15ClN4O2/c1-14-11(18)8-3-2-4-17(7-8)12(19)9-5-16-10(13)6-15-9/h5-6,8H,2-4,7H2,1H3,(H,14,18). The van der Waals surface area contributed by atoms with Gasteiger partial charge in [0, 0.05) is 20.1 Å². The van der Waals surface area contributed by atoms with Gasteiger partial charge >= 0.3 is 0 Å². The first-order chi connectivity index (χ1) is 9.11. The molecule has 7 heteroatoms. The number of piperidine rings is 1. The number of rotatable bonds is 2. The highest BCUT2D eigenvalue weighted by atomic mass is 35.5. The van der Waals surface area contributed by atoms with Crippen molar-refractivity contribution in [3.05, 3.63) is 23.2 Å². The van der Waals surface area contributed by atoms with Crippen LogP contribution < -0.4 is 5.32 Å². The minimum atomic E-state index is -0.210. The number of nitrogens with zero attached hydrogens (tertiary/aromatic N) is 3. The predicted molar refractivity (Wildman–Crippen MR) is 69.7 cm³/mol. The van der Waals surface area contributed by atoms with Gasteiger partial charge in [0.05, 0.1) is 18.3 Å². The smallest absolute Gasteiger partial charge is 0.274 e. The van der Waals surface area contributed by atoms with Crippen molar-refractivity contribution in [3.63, 3.8) is 0 Å². The molecule has 1 N–H and O–H groups in total. The quantitative estimate of drug-likeness (QED) is 0.868. The van der Waals surface area contributed by atoms with Crippen molar-refractivity contribution >= 4 is 23.4 Å². The van der Waals surface area contributed by atoms with Gasteiger partial charge in [0.15, 0.2) is 0 Å². The second-order valence-corrected chi connectivity index (χ2v) is 4.82. The summed E-state index contributed by atoms with van der Waals surface area (Å²) < 4.78 is 0. The van der Waals surface area contributed by atoms with Gasteiger partial charge in [0.25, 0.3) is 5.91 Å². The fourth-order valence-electron chi connectivity index (χ4n) is 2.16. The molecule has 0 bridgehead atoms. The Hall–Kier alpha value is -1.69. The van der Waals surface area contributed by atoms with Crippen molar-refractivity contribution in [2.45, 2.75) is 12.8 Å². The van der Waals surface area contributed by atoms with Gasteiger partial charge in [-0.3, -0.25) is 9.59 Å². The third-order valence-corrected chi connectivity index (χ3v) is 3.36. The summed E-state index contributed by atoms with van der Waals surface area (Å²) in [4.78, 5) is 33.3. The lowest BCUT2D eigenvalue weighted by atomic mass is 9.97. The molecule has 0 aromatic carbocycles. The van der Waals surface area contributed by atoms with Crippen LogP contribution in [0.25, 0.3) is 0 Å². The van der Waals surface area contributed by atoms with Crippen LogP contribution in [0, 0.1) is 5.92 Å². The summed E-state index contributed by atoms with van der Waals surface area (Å²) >= 11 is 5.63. The van der Waals surface area contributed by atoms with Gasteiger partial charge in [0.1, 0.15) is 10.8 Å². The van der Waals surface area contributed by atoms with Crippen LogP contribution in [0.1, 0.15) is 23.3 Å². The molecule has 1 unspecified atom stereocenters. The van der Waals surface area contributed by atoms with E-state index >= 15 is 0 Å². The van der Waals surface area contributed by atoms with Crippen molar-refractivity contribution in [1.29, 1.82) is 0 Å². The zero-order valence-electron chi connectivity index (χ0n) is 10.6. The van der Waals surface area contributed by atoms with Crippen LogP contribution in [-0.4, -0.2) is 46.8 Å². The van der Waals surface area contributed by atoms with E-state index in [9.17, 15) is 9.59 Å². The van der Waals surface area contributed by atoms with E-state index in [1.807, 2.05) is 0 Å². The molecule has 0 spiro atoms. The molecule has 2 rings (SSSR count). The molecule has 1 atom stereocenters. The maximum absolute atomic E-state index is 12.2. The van der Waals surface area contributed by atoms with Crippen LogP contribution in [0.15, 0.2) is 12.4 Å². The molecule has 2 heterocycles. The Morgan fingerprint density at radius 1 is 1.42 bits per heavy atom. The Balaban J connectivity index is 2.06. The maximum atomic E-state index is 12.2.